The van der Waals surface area contributed by atoms with Gasteiger partial charge in [-0.15, -0.1) is 0 Å². The van der Waals surface area contributed by atoms with E-state index in [9.17, 15) is 9.59 Å². The van der Waals surface area contributed by atoms with Crippen LogP contribution in [-0.2, 0) is 0 Å². The lowest BCUT2D eigenvalue weighted by atomic mass is 10.1. The molecular weight excluding hydrogens is 526 g/mol. The van der Waals surface area contributed by atoms with Gasteiger partial charge in [0.2, 0.25) is 0 Å². The molecule has 2 aliphatic heterocycles. The highest BCUT2D eigenvalue weighted by Crippen LogP contribution is 2.15. The Kier molecular flexibility index (Phi) is 11.8. The number of likely N-dealkylation sites (tertiary alicyclic amines) is 1. The highest BCUT2D eigenvalue weighted by atomic mass is 79.9. The highest BCUT2D eigenvalue weighted by Gasteiger charge is 2.17. The van der Waals surface area contributed by atoms with E-state index in [0.717, 1.165) is 36.0 Å². The first-order chi connectivity index (χ1) is 15.0. The largest absolute Gasteiger partial charge is 0.478 e. The van der Waals surface area contributed by atoms with E-state index in [0.29, 0.717) is 4.60 Å². The van der Waals surface area contributed by atoms with Crippen LogP contribution >= 0.6 is 31.9 Å². The zero-order valence-electron chi connectivity index (χ0n) is 17.5. The number of nitrogens with one attached hydrogen (secondary N) is 1. The number of hydrogen-bond acceptors (Lipinski definition) is 4. The van der Waals surface area contributed by atoms with Crippen molar-refractivity contribution in [3.63, 3.8) is 0 Å². The molecule has 0 bridgehead atoms. The average Bonchev–Trinajstić information content (AvgIpc) is 2.82. The van der Waals surface area contributed by atoms with E-state index in [-0.39, 0.29) is 11.5 Å². The van der Waals surface area contributed by atoms with Gasteiger partial charge in [-0.25, -0.2) is 9.78 Å². The fraction of sp³-hybridized carbons (Fsp3) is 0.435. The summed E-state index contributed by atoms with van der Waals surface area (Å²) in [4.78, 5) is 28.0. The van der Waals surface area contributed by atoms with E-state index in [1.807, 2.05) is 29.2 Å². The molecule has 1 aromatic heterocycles. The van der Waals surface area contributed by atoms with Crippen LogP contribution in [0.2, 0.25) is 0 Å². The van der Waals surface area contributed by atoms with Gasteiger partial charge in [0, 0.05) is 29.3 Å². The molecule has 0 aliphatic carbocycles. The molecule has 2 N–H and O–H groups in total. The van der Waals surface area contributed by atoms with Crippen LogP contribution in [0.4, 0.5) is 0 Å². The van der Waals surface area contributed by atoms with Gasteiger partial charge in [0.05, 0.1) is 5.56 Å². The first-order valence-corrected chi connectivity index (χ1v) is 12.2. The smallest absolute Gasteiger partial charge is 0.337 e. The van der Waals surface area contributed by atoms with Gasteiger partial charge in [-0.1, -0.05) is 22.4 Å². The number of hydrogen-bond donors (Lipinski definition) is 2. The Hall–Kier alpha value is -1.77. The van der Waals surface area contributed by atoms with E-state index in [4.69, 9.17) is 5.11 Å². The second-order valence-electron chi connectivity index (χ2n) is 7.35. The maximum absolute atomic E-state index is 12.0. The predicted octanol–water partition coefficient (Wildman–Crippen LogP) is 5.38. The van der Waals surface area contributed by atoms with E-state index < -0.39 is 5.97 Å². The zero-order valence-corrected chi connectivity index (χ0v) is 20.7. The molecule has 6 nitrogen and oxygen atoms in total. The summed E-state index contributed by atoms with van der Waals surface area (Å²) in [5.74, 6) is -0.790. The third-order valence-corrected chi connectivity index (χ3v) is 5.91. The molecule has 0 atom stereocenters. The summed E-state index contributed by atoms with van der Waals surface area (Å²) in [5, 5.41) is 11.7. The summed E-state index contributed by atoms with van der Waals surface area (Å²) in [6, 6.07) is 10.7. The van der Waals surface area contributed by atoms with Crippen molar-refractivity contribution >= 4 is 43.7 Å². The quantitative estimate of drug-likeness (QED) is 0.487. The van der Waals surface area contributed by atoms with Gasteiger partial charge in [-0.05, 0) is 97.5 Å². The average molecular weight is 555 g/mol. The summed E-state index contributed by atoms with van der Waals surface area (Å²) in [6.07, 6.45) is 9.05. The lowest BCUT2D eigenvalue weighted by Gasteiger charge is -2.26. The Balaban J connectivity index is 0.000000183. The number of amides is 1. The predicted molar refractivity (Wildman–Crippen MR) is 130 cm³/mol. The van der Waals surface area contributed by atoms with Crippen molar-refractivity contribution < 1.29 is 14.7 Å². The Morgan fingerprint density at radius 3 is 1.87 bits per heavy atom. The molecule has 1 amide bonds. The summed E-state index contributed by atoms with van der Waals surface area (Å²) in [7, 11) is 0. The van der Waals surface area contributed by atoms with Gasteiger partial charge in [0.25, 0.3) is 5.91 Å². The molecule has 2 fully saturated rings. The van der Waals surface area contributed by atoms with Crippen molar-refractivity contribution in [1.82, 2.24) is 15.2 Å². The summed E-state index contributed by atoms with van der Waals surface area (Å²) in [6.45, 7) is 4.32. The molecule has 31 heavy (non-hydrogen) atoms. The molecular formula is C23H29Br2N3O3. The minimum atomic E-state index is -0.958. The SMILES string of the molecule is C1CCNCC1.O=C(O)c1ccc(Br)nc1.O=C(c1ccc(Br)cc1)N1CCCCC1. The molecule has 8 heteroatoms. The molecule has 0 unspecified atom stereocenters. The Labute approximate surface area is 200 Å². The van der Waals surface area contributed by atoms with Crippen molar-refractivity contribution in [3.8, 4) is 0 Å². The molecule has 1 aromatic carbocycles. The number of carboxylic acid groups (broad SMARTS) is 1. The number of carbonyl (C=O) groups excluding carboxylic acids is 1. The summed E-state index contributed by atoms with van der Waals surface area (Å²) in [5.41, 5.74) is 0.989. The topological polar surface area (TPSA) is 82.5 Å². The number of aromatic carboxylic acids is 1. The number of benzene rings is 1. The van der Waals surface area contributed by atoms with Crippen molar-refractivity contribution in [3.05, 3.63) is 62.8 Å². The van der Waals surface area contributed by atoms with Crippen LogP contribution in [0.15, 0.2) is 51.7 Å². The van der Waals surface area contributed by atoms with Gasteiger partial charge in [0.15, 0.2) is 0 Å². The van der Waals surface area contributed by atoms with Crippen LogP contribution in [0, 0.1) is 0 Å². The summed E-state index contributed by atoms with van der Waals surface area (Å²) >= 11 is 6.46. The summed E-state index contributed by atoms with van der Waals surface area (Å²) < 4.78 is 1.65. The number of pyridine rings is 1. The van der Waals surface area contributed by atoms with Gasteiger partial charge >= 0.3 is 5.97 Å². The fourth-order valence-corrected chi connectivity index (χ4v) is 3.68. The molecule has 0 radical (unpaired) electrons. The highest BCUT2D eigenvalue weighted by molar-refractivity contribution is 9.10. The number of halogens is 2. The molecule has 2 aliphatic rings. The van der Waals surface area contributed by atoms with E-state index >= 15 is 0 Å². The fourth-order valence-electron chi connectivity index (χ4n) is 3.18. The molecule has 4 rings (SSSR count). The van der Waals surface area contributed by atoms with Crippen molar-refractivity contribution in [2.75, 3.05) is 26.2 Å². The Morgan fingerprint density at radius 1 is 0.839 bits per heavy atom. The second kappa shape index (κ2) is 14.3. The van der Waals surface area contributed by atoms with Crippen molar-refractivity contribution in [2.45, 2.75) is 38.5 Å². The van der Waals surface area contributed by atoms with Crippen molar-refractivity contribution in [2.24, 2.45) is 0 Å². The van der Waals surface area contributed by atoms with Gasteiger partial charge in [-0.2, -0.15) is 0 Å². The second-order valence-corrected chi connectivity index (χ2v) is 9.07. The normalized spacial score (nSPS) is 15.6. The maximum Gasteiger partial charge on any atom is 0.337 e. The maximum atomic E-state index is 12.0. The molecule has 168 valence electrons. The van der Waals surface area contributed by atoms with Gasteiger partial charge in [0.1, 0.15) is 4.60 Å². The Bertz CT molecular complexity index is 792. The first-order valence-electron chi connectivity index (χ1n) is 10.6. The molecule has 2 saturated heterocycles. The lowest BCUT2D eigenvalue weighted by Crippen LogP contribution is -2.35. The van der Waals surface area contributed by atoms with Crippen LogP contribution in [0.3, 0.4) is 0 Å². The lowest BCUT2D eigenvalue weighted by molar-refractivity contribution is 0.0694. The molecule has 2 aromatic rings. The Morgan fingerprint density at radius 2 is 1.42 bits per heavy atom. The third-order valence-electron chi connectivity index (χ3n) is 4.92. The number of aromatic nitrogens is 1. The monoisotopic (exact) mass is 553 g/mol. The minimum absolute atomic E-state index is 0.169. The van der Waals surface area contributed by atoms with Gasteiger partial charge < -0.3 is 15.3 Å². The minimum Gasteiger partial charge on any atom is -0.478 e. The zero-order chi connectivity index (χ0) is 22.5. The van der Waals surface area contributed by atoms with Crippen molar-refractivity contribution in [1.29, 1.82) is 0 Å². The number of nitrogens with zero attached hydrogens (tertiary/aromatic N) is 2. The number of carbonyl (C=O) groups is 2. The van der Waals surface area contributed by atoms with Gasteiger partial charge in [-0.3, -0.25) is 4.79 Å². The van der Waals surface area contributed by atoms with Crippen LogP contribution in [0.25, 0.3) is 0 Å². The van der Waals surface area contributed by atoms with Crippen LogP contribution in [-0.4, -0.2) is 53.0 Å². The van der Waals surface area contributed by atoms with E-state index in [1.165, 1.54) is 51.0 Å². The number of piperidine rings is 2. The third kappa shape index (κ3) is 9.93. The van der Waals surface area contributed by atoms with E-state index in [2.05, 4.69) is 42.2 Å². The number of carboxylic acids is 1. The molecule has 3 heterocycles. The van der Waals surface area contributed by atoms with Crippen LogP contribution < -0.4 is 5.32 Å². The van der Waals surface area contributed by atoms with Crippen LogP contribution in [0.5, 0.6) is 0 Å². The molecule has 0 spiro atoms. The van der Waals surface area contributed by atoms with Crippen LogP contribution in [0.1, 0.15) is 59.2 Å². The number of rotatable bonds is 2. The molecule has 0 saturated carbocycles. The standard InChI is InChI=1S/C12H14BrNO.C6H4BrNO2.C5H11N/c13-11-6-4-10(5-7-11)12(15)14-8-2-1-3-9-14;7-5-2-1-4(3-8-5)6(9)10;1-2-4-6-5-3-1/h4-7H,1-3,8-9H2;1-3H,(H,9,10);6H,1-5H2. The first kappa shape index (κ1) is 25.5. The van der Waals surface area contributed by atoms with E-state index in [1.54, 1.807) is 6.07 Å².